The predicted molar refractivity (Wildman–Crippen MR) is 128 cm³/mol. The molecule has 2 aliphatic carbocycles. The van der Waals surface area contributed by atoms with E-state index < -0.39 is 23.7 Å². The maximum Gasteiger partial charge on any atom is 0.225 e. The Hall–Kier alpha value is -2.40. The summed E-state index contributed by atoms with van der Waals surface area (Å²) in [6, 6.07) is 1.70. The Labute approximate surface area is 196 Å². The van der Waals surface area contributed by atoms with Gasteiger partial charge in [-0.3, -0.25) is 4.98 Å². The van der Waals surface area contributed by atoms with E-state index in [1.165, 1.54) is 24.2 Å². The predicted octanol–water partition coefficient (Wildman–Crippen LogP) is 2.57. The van der Waals surface area contributed by atoms with Gasteiger partial charge in [0.1, 0.15) is 21.9 Å². The van der Waals surface area contributed by atoms with Crippen molar-refractivity contribution in [2.75, 3.05) is 17.2 Å². The summed E-state index contributed by atoms with van der Waals surface area (Å²) in [5.74, 6) is 1.30. The van der Waals surface area contributed by atoms with Gasteiger partial charge >= 0.3 is 0 Å². The van der Waals surface area contributed by atoms with Crippen molar-refractivity contribution in [1.82, 2.24) is 19.9 Å². The van der Waals surface area contributed by atoms with E-state index in [2.05, 4.69) is 22.5 Å². The lowest BCUT2D eigenvalue weighted by Crippen LogP contribution is -2.48. The summed E-state index contributed by atoms with van der Waals surface area (Å²) in [4.78, 5) is 18.4. The highest BCUT2D eigenvalue weighted by Gasteiger charge is 2.50. The third kappa shape index (κ3) is 4.16. The molecule has 2 saturated carbocycles. The molecule has 9 nitrogen and oxygen atoms in total. The van der Waals surface area contributed by atoms with Gasteiger partial charge in [0.2, 0.25) is 5.95 Å². The van der Waals surface area contributed by atoms with Crippen molar-refractivity contribution in [3.8, 4) is 10.6 Å². The van der Waals surface area contributed by atoms with E-state index in [9.17, 15) is 15.3 Å². The Morgan fingerprint density at radius 2 is 2.06 bits per heavy atom. The van der Waals surface area contributed by atoms with Crippen LogP contribution >= 0.6 is 11.3 Å². The topological polar surface area (TPSA) is 136 Å². The first-order valence-corrected chi connectivity index (χ1v) is 12.2. The van der Waals surface area contributed by atoms with Crippen LogP contribution in [0.4, 0.5) is 11.8 Å². The molecule has 3 aromatic rings. The molecule has 3 heterocycles. The van der Waals surface area contributed by atoms with Gasteiger partial charge in [0.25, 0.3) is 0 Å². The first-order valence-electron chi connectivity index (χ1n) is 11.4. The molecule has 2 fully saturated rings. The van der Waals surface area contributed by atoms with Crippen molar-refractivity contribution in [3.05, 3.63) is 24.2 Å². The summed E-state index contributed by atoms with van der Waals surface area (Å²) in [7, 11) is 0. The van der Waals surface area contributed by atoms with Gasteiger partial charge in [-0.1, -0.05) is 0 Å². The van der Waals surface area contributed by atoms with Gasteiger partial charge < -0.3 is 26.0 Å². The molecule has 5 rings (SSSR count). The van der Waals surface area contributed by atoms with Crippen LogP contribution in [0, 0.1) is 18.8 Å². The number of aromatic nitrogens is 4. The van der Waals surface area contributed by atoms with Gasteiger partial charge in [-0.25, -0.2) is 9.97 Å². The standard InChI is InChI=1S/C23H30N6O3S/c1-11(13-4-5-13)25-22-26-12(2)18(21-27-15-9-24-7-6-16(15)33-21)20(29-22)28-17-8-14(10-30)19(31)23(17,3)32/h6-7,9,11,13-14,17,19,30-32H,4-5,8,10H2,1-3H3,(H2,25,26,28,29)/t11-,14-,17-,19-,23?/m1/s1. The van der Waals surface area contributed by atoms with Crippen LogP contribution in [0.2, 0.25) is 0 Å². The van der Waals surface area contributed by atoms with Crippen LogP contribution < -0.4 is 10.6 Å². The lowest BCUT2D eigenvalue weighted by Gasteiger charge is -2.30. The van der Waals surface area contributed by atoms with Gasteiger partial charge in [-0.05, 0) is 52.0 Å². The number of hydrogen-bond donors (Lipinski definition) is 5. The molecule has 1 unspecified atom stereocenters. The molecule has 0 aliphatic heterocycles. The van der Waals surface area contributed by atoms with Crippen LogP contribution in [0.3, 0.4) is 0 Å². The number of nitrogens with one attached hydrogen (secondary N) is 2. The van der Waals surface area contributed by atoms with Gasteiger partial charge in [0, 0.05) is 24.8 Å². The Morgan fingerprint density at radius 1 is 1.27 bits per heavy atom. The Morgan fingerprint density at radius 3 is 2.73 bits per heavy atom. The molecule has 0 bridgehead atoms. The van der Waals surface area contributed by atoms with Crippen molar-refractivity contribution in [2.45, 2.75) is 63.8 Å². The highest BCUT2D eigenvalue weighted by molar-refractivity contribution is 7.21. The Kier molecular flexibility index (Phi) is 5.72. The van der Waals surface area contributed by atoms with Crippen LogP contribution in [-0.2, 0) is 0 Å². The van der Waals surface area contributed by atoms with E-state index in [0.717, 1.165) is 26.5 Å². The summed E-state index contributed by atoms with van der Waals surface area (Å²) >= 11 is 1.53. The summed E-state index contributed by atoms with van der Waals surface area (Å²) in [6.45, 7) is 5.47. The fraction of sp³-hybridized carbons (Fsp3) is 0.565. The molecule has 0 spiro atoms. The normalized spacial score (nSPS) is 28.2. The zero-order chi connectivity index (χ0) is 23.3. The number of pyridine rings is 1. The lowest BCUT2D eigenvalue weighted by molar-refractivity contribution is -0.0647. The number of thiazole rings is 1. The van der Waals surface area contributed by atoms with Crippen molar-refractivity contribution < 1.29 is 15.3 Å². The quantitative estimate of drug-likeness (QED) is 0.353. The van der Waals surface area contributed by atoms with E-state index >= 15 is 0 Å². The smallest absolute Gasteiger partial charge is 0.225 e. The van der Waals surface area contributed by atoms with Gasteiger partial charge in [0.05, 0.1) is 34.3 Å². The number of rotatable bonds is 7. The monoisotopic (exact) mass is 470 g/mol. The number of aryl methyl sites for hydroxylation is 1. The molecule has 2 aliphatic rings. The maximum atomic E-state index is 11.0. The molecular weight excluding hydrogens is 440 g/mol. The molecule has 0 aromatic carbocycles. The molecule has 10 heteroatoms. The van der Waals surface area contributed by atoms with Crippen LogP contribution in [0.5, 0.6) is 0 Å². The molecule has 0 radical (unpaired) electrons. The lowest BCUT2D eigenvalue weighted by atomic mass is 9.96. The van der Waals surface area contributed by atoms with Gasteiger partial charge in [0.15, 0.2) is 0 Å². The van der Waals surface area contributed by atoms with E-state index in [4.69, 9.17) is 15.0 Å². The second-order valence-corrected chi connectivity index (χ2v) is 10.6. The minimum absolute atomic E-state index is 0.193. The third-order valence-corrected chi connectivity index (χ3v) is 8.07. The number of anilines is 2. The fourth-order valence-corrected chi connectivity index (χ4v) is 5.73. The SMILES string of the molecule is Cc1nc(N[C@H](C)C2CC2)nc(N[C@@H]2C[C@H](CO)[C@@H](O)C2(C)O)c1-c1nc2cnccc2s1. The average molecular weight is 471 g/mol. The molecule has 0 saturated heterocycles. The molecule has 5 atom stereocenters. The highest BCUT2D eigenvalue weighted by Crippen LogP contribution is 2.41. The number of hydrogen-bond acceptors (Lipinski definition) is 10. The first-order chi connectivity index (χ1) is 15.8. The molecule has 5 N–H and O–H groups in total. The number of fused-ring (bicyclic) bond motifs is 1. The minimum atomic E-state index is -1.42. The number of aliphatic hydroxyl groups is 3. The molecule has 176 valence electrons. The summed E-state index contributed by atoms with van der Waals surface area (Å²) < 4.78 is 1.01. The second-order valence-electron chi connectivity index (χ2n) is 9.54. The van der Waals surface area contributed by atoms with Crippen LogP contribution in [-0.4, -0.2) is 65.7 Å². The first kappa shape index (κ1) is 22.4. The number of aliphatic hydroxyl groups excluding tert-OH is 2. The fourth-order valence-electron chi connectivity index (χ4n) is 4.70. The van der Waals surface area contributed by atoms with Crippen molar-refractivity contribution in [2.24, 2.45) is 11.8 Å². The molecule has 0 amide bonds. The molecule has 3 aromatic heterocycles. The van der Waals surface area contributed by atoms with Crippen LogP contribution in [0.1, 0.15) is 38.8 Å². The number of nitrogens with zero attached hydrogens (tertiary/aromatic N) is 4. The largest absolute Gasteiger partial charge is 0.396 e. The zero-order valence-corrected chi connectivity index (χ0v) is 19.8. The van der Waals surface area contributed by atoms with E-state index in [1.54, 1.807) is 19.3 Å². The minimum Gasteiger partial charge on any atom is -0.396 e. The van der Waals surface area contributed by atoms with Gasteiger partial charge in [-0.2, -0.15) is 4.98 Å². The summed E-state index contributed by atoms with van der Waals surface area (Å²) in [5, 5.41) is 38.8. The van der Waals surface area contributed by atoms with Crippen molar-refractivity contribution >= 4 is 33.3 Å². The van der Waals surface area contributed by atoms with Crippen LogP contribution in [0.25, 0.3) is 20.8 Å². The summed E-state index contributed by atoms with van der Waals surface area (Å²) in [5.41, 5.74) is 0.909. The average Bonchev–Trinajstić information content (AvgIpc) is 3.50. The Bertz CT molecular complexity index is 1130. The maximum absolute atomic E-state index is 11.0. The van der Waals surface area contributed by atoms with Crippen molar-refractivity contribution in [1.29, 1.82) is 0 Å². The third-order valence-electron chi connectivity index (χ3n) is 7.01. The van der Waals surface area contributed by atoms with E-state index in [-0.39, 0.29) is 12.6 Å². The second kappa shape index (κ2) is 8.43. The molecular formula is C23H30N6O3S. The Balaban J connectivity index is 1.56. The van der Waals surface area contributed by atoms with E-state index in [0.29, 0.717) is 24.1 Å². The van der Waals surface area contributed by atoms with Crippen LogP contribution in [0.15, 0.2) is 18.5 Å². The zero-order valence-electron chi connectivity index (χ0n) is 19.0. The highest BCUT2D eigenvalue weighted by atomic mass is 32.1. The van der Waals surface area contributed by atoms with E-state index in [1.807, 2.05) is 13.0 Å². The summed E-state index contributed by atoms with van der Waals surface area (Å²) in [6.07, 6.45) is 5.27. The van der Waals surface area contributed by atoms with Gasteiger partial charge in [-0.15, -0.1) is 11.3 Å². The molecule has 33 heavy (non-hydrogen) atoms. The van der Waals surface area contributed by atoms with Crippen molar-refractivity contribution in [3.63, 3.8) is 0 Å².